The number of imide groups is 1. The van der Waals surface area contributed by atoms with Gasteiger partial charge in [-0.2, -0.15) is 0 Å². The quantitative estimate of drug-likeness (QED) is 0.764. The van der Waals surface area contributed by atoms with Crippen LogP contribution >= 0.6 is 0 Å². The number of carbonyl (C=O) groups excluding carboxylic acids is 2. The van der Waals surface area contributed by atoms with E-state index in [0.29, 0.717) is 22.8 Å². The average molecular weight is 385 g/mol. The van der Waals surface area contributed by atoms with E-state index in [0.717, 1.165) is 4.90 Å². The van der Waals surface area contributed by atoms with E-state index in [4.69, 9.17) is 18.9 Å². The van der Waals surface area contributed by atoms with Crippen LogP contribution in [0.5, 0.6) is 23.0 Å². The number of methoxy groups -OCH3 is 4. The number of rotatable bonds is 6. The van der Waals surface area contributed by atoms with E-state index in [1.54, 1.807) is 24.3 Å². The Hall–Kier alpha value is -3.68. The van der Waals surface area contributed by atoms with Gasteiger partial charge < -0.3 is 24.1 Å². The van der Waals surface area contributed by atoms with Gasteiger partial charge in [-0.3, -0.25) is 9.59 Å². The first kappa shape index (κ1) is 19.1. The lowest BCUT2D eigenvalue weighted by Crippen LogP contribution is -2.31. The van der Waals surface area contributed by atoms with E-state index < -0.39 is 17.6 Å². The Bertz CT molecular complexity index is 981. The van der Waals surface area contributed by atoms with Crippen molar-refractivity contribution in [1.82, 2.24) is 0 Å². The molecule has 0 unspecified atom stereocenters. The van der Waals surface area contributed by atoms with Gasteiger partial charge in [0.25, 0.3) is 5.91 Å². The predicted molar refractivity (Wildman–Crippen MR) is 101 cm³/mol. The molecule has 8 heteroatoms. The van der Waals surface area contributed by atoms with Crippen LogP contribution in [0.3, 0.4) is 0 Å². The Morgan fingerprint density at radius 1 is 0.750 bits per heavy atom. The third kappa shape index (κ3) is 2.98. The van der Waals surface area contributed by atoms with Crippen LogP contribution in [0.15, 0.2) is 42.2 Å². The summed E-state index contributed by atoms with van der Waals surface area (Å²) in [6.45, 7) is 0. The van der Waals surface area contributed by atoms with Gasteiger partial charge in [0.05, 0.1) is 39.7 Å². The number of hydrogen-bond donors (Lipinski definition) is 1. The summed E-state index contributed by atoms with van der Waals surface area (Å²) in [6.07, 6.45) is 0. The first-order chi connectivity index (χ1) is 13.5. The van der Waals surface area contributed by atoms with Gasteiger partial charge in [-0.05, 0) is 29.8 Å². The number of amides is 2. The maximum Gasteiger partial charge on any atom is 0.301 e. The Morgan fingerprint density at radius 2 is 1.43 bits per heavy atom. The number of benzene rings is 2. The van der Waals surface area contributed by atoms with Crippen LogP contribution in [0.4, 0.5) is 5.69 Å². The highest BCUT2D eigenvalue weighted by atomic mass is 16.5. The van der Waals surface area contributed by atoms with Crippen molar-refractivity contribution in [2.24, 2.45) is 0 Å². The summed E-state index contributed by atoms with van der Waals surface area (Å²) >= 11 is 0. The van der Waals surface area contributed by atoms with Crippen molar-refractivity contribution >= 4 is 23.1 Å². The summed E-state index contributed by atoms with van der Waals surface area (Å²) in [5.41, 5.74) is 0.382. The smallest absolute Gasteiger partial charge is 0.301 e. The zero-order chi connectivity index (χ0) is 20.4. The van der Waals surface area contributed by atoms with Gasteiger partial charge in [-0.1, -0.05) is 6.07 Å². The topological polar surface area (TPSA) is 94.5 Å². The van der Waals surface area contributed by atoms with Crippen molar-refractivity contribution in [3.63, 3.8) is 0 Å². The normalized spacial score (nSPS) is 13.8. The molecule has 146 valence electrons. The lowest BCUT2D eigenvalue weighted by atomic mass is 10.0. The van der Waals surface area contributed by atoms with Gasteiger partial charge in [-0.25, -0.2) is 4.90 Å². The molecular weight excluding hydrogens is 366 g/mol. The van der Waals surface area contributed by atoms with E-state index in [1.807, 2.05) is 0 Å². The van der Waals surface area contributed by atoms with E-state index in [1.165, 1.54) is 40.6 Å². The van der Waals surface area contributed by atoms with Crippen molar-refractivity contribution in [2.75, 3.05) is 33.3 Å². The molecule has 2 amide bonds. The van der Waals surface area contributed by atoms with E-state index in [-0.39, 0.29) is 17.0 Å². The molecule has 2 aromatic carbocycles. The zero-order valence-electron chi connectivity index (χ0n) is 15.8. The second kappa shape index (κ2) is 7.51. The summed E-state index contributed by atoms with van der Waals surface area (Å²) in [5.74, 6) is -0.622. The first-order valence-electron chi connectivity index (χ1n) is 8.23. The lowest BCUT2D eigenvalue weighted by Gasteiger charge is -2.18. The number of nitrogens with zero attached hydrogens (tertiary/aromatic N) is 1. The molecule has 1 aliphatic rings. The Morgan fingerprint density at radius 3 is 2.04 bits per heavy atom. The molecule has 0 radical (unpaired) electrons. The third-order valence-corrected chi connectivity index (χ3v) is 4.36. The summed E-state index contributed by atoms with van der Waals surface area (Å²) in [4.78, 5) is 26.5. The summed E-state index contributed by atoms with van der Waals surface area (Å²) in [7, 11) is 5.83. The van der Waals surface area contributed by atoms with Crippen molar-refractivity contribution in [2.45, 2.75) is 0 Å². The molecule has 2 aromatic rings. The van der Waals surface area contributed by atoms with Gasteiger partial charge in [0, 0.05) is 6.07 Å². The second-order valence-corrected chi connectivity index (χ2v) is 5.78. The van der Waals surface area contributed by atoms with Crippen molar-refractivity contribution in [3.8, 4) is 23.0 Å². The number of aliphatic hydroxyl groups is 1. The third-order valence-electron chi connectivity index (χ3n) is 4.36. The van der Waals surface area contributed by atoms with Crippen LogP contribution in [0.2, 0.25) is 0 Å². The van der Waals surface area contributed by atoms with E-state index >= 15 is 0 Å². The van der Waals surface area contributed by atoms with Gasteiger partial charge in [0.1, 0.15) is 11.5 Å². The minimum atomic E-state index is -0.849. The molecule has 1 N–H and O–H groups in total. The van der Waals surface area contributed by atoms with Crippen molar-refractivity contribution in [1.29, 1.82) is 0 Å². The fourth-order valence-corrected chi connectivity index (χ4v) is 2.96. The molecule has 0 spiro atoms. The van der Waals surface area contributed by atoms with Crippen molar-refractivity contribution < 1.29 is 33.6 Å². The zero-order valence-corrected chi connectivity index (χ0v) is 15.8. The molecule has 8 nitrogen and oxygen atoms in total. The molecule has 1 aliphatic heterocycles. The minimum absolute atomic E-state index is 0.135. The van der Waals surface area contributed by atoms with E-state index in [2.05, 4.69) is 0 Å². The van der Waals surface area contributed by atoms with Crippen LogP contribution in [0, 0.1) is 0 Å². The maximum absolute atomic E-state index is 13.0. The Balaban J connectivity index is 2.06. The standard InChI is InChI=1S/C20H19NO7/c1-25-12-6-7-13(15(10-12)27-3)21-19(23)17(18(22)20(21)24)11-5-8-14(26-2)16(9-11)28-4/h5-10,22H,1-4H3. The number of anilines is 1. The maximum atomic E-state index is 13.0. The lowest BCUT2D eigenvalue weighted by molar-refractivity contribution is -0.121. The van der Waals surface area contributed by atoms with Crippen molar-refractivity contribution in [3.05, 3.63) is 47.7 Å². The number of hydrogen-bond acceptors (Lipinski definition) is 7. The molecule has 28 heavy (non-hydrogen) atoms. The van der Waals surface area contributed by atoms with Gasteiger partial charge in [0.15, 0.2) is 17.3 Å². The predicted octanol–water partition coefficient (Wildman–Crippen LogP) is 2.56. The van der Waals surface area contributed by atoms with Gasteiger partial charge >= 0.3 is 5.91 Å². The number of aliphatic hydroxyl groups excluding tert-OH is 1. The highest BCUT2D eigenvalue weighted by Gasteiger charge is 2.41. The van der Waals surface area contributed by atoms with E-state index in [9.17, 15) is 14.7 Å². The molecule has 0 saturated heterocycles. The summed E-state index contributed by atoms with van der Waals surface area (Å²) in [5, 5.41) is 10.4. The SMILES string of the molecule is COc1ccc(N2C(=O)C(O)=C(c3ccc(OC)c(OC)c3)C2=O)c(OC)c1. The van der Waals surface area contributed by atoms with Crippen LogP contribution in [-0.4, -0.2) is 45.4 Å². The van der Waals surface area contributed by atoms with Gasteiger partial charge in [0.2, 0.25) is 0 Å². The fourth-order valence-electron chi connectivity index (χ4n) is 2.96. The summed E-state index contributed by atoms with van der Waals surface area (Å²) in [6, 6.07) is 9.31. The highest BCUT2D eigenvalue weighted by molar-refractivity contribution is 6.45. The highest BCUT2D eigenvalue weighted by Crippen LogP contribution is 2.40. The second-order valence-electron chi connectivity index (χ2n) is 5.78. The molecular formula is C20H19NO7. The van der Waals surface area contributed by atoms with Crippen LogP contribution in [0.25, 0.3) is 5.57 Å². The fraction of sp³-hybridized carbons (Fsp3) is 0.200. The average Bonchev–Trinajstić information content (AvgIpc) is 2.95. The van der Waals surface area contributed by atoms with Crippen LogP contribution in [0.1, 0.15) is 5.56 Å². The molecule has 0 fully saturated rings. The monoisotopic (exact) mass is 385 g/mol. The number of ether oxygens (including phenoxy) is 4. The Labute approximate surface area is 161 Å². The first-order valence-corrected chi connectivity index (χ1v) is 8.23. The number of carbonyl (C=O) groups is 2. The molecule has 0 aromatic heterocycles. The largest absolute Gasteiger partial charge is 0.502 e. The van der Waals surface area contributed by atoms with Gasteiger partial charge in [-0.15, -0.1) is 0 Å². The molecule has 0 saturated carbocycles. The van der Waals surface area contributed by atoms with Crippen LogP contribution < -0.4 is 23.8 Å². The summed E-state index contributed by atoms with van der Waals surface area (Å²) < 4.78 is 20.8. The van der Waals surface area contributed by atoms with Crippen LogP contribution in [-0.2, 0) is 9.59 Å². The molecule has 0 bridgehead atoms. The molecule has 0 atom stereocenters. The molecule has 3 rings (SSSR count). The molecule has 1 heterocycles. The minimum Gasteiger partial charge on any atom is -0.502 e. The molecule has 0 aliphatic carbocycles. The Kier molecular flexibility index (Phi) is 5.12.